The molecular weight excluding hydrogens is 503 g/mol. The summed E-state index contributed by atoms with van der Waals surface area (Å²) in [6.45, 7) is 14.8. The van der Waals surface area contributed by atoms with Crippen LogP contribution in [0.1, 0.15) is 100 Å². The molecule has 4 aliphatic rings. The number of hydrazine groups is 1. The number of aromatic nitrogens is 2. The van der Waals surface area contributed by atoms with Crippen LogP contribution in [-0.2, 0) is 19.4 Å². The summed E-state index contributed by atoms with van der Waals surface area (Å²) in [7, 11) is 0. The third-order valence-electron chi connectivity index (χ3n) is 10.5. The summed E-state index contributed by atoms with van der Waals surface area (Å²) >= 11 is 0. The van der Waals surface area contributed by atoms with Crippen molar-refractivity contribution in [1.29, 1.82) is 0 Å². The predicted molar refractivity (Wildman–Crippen MR) is 156 cm³/mol. The lowest BCUT2D eigenvalue weighted by atomic mass is 9.73. The molecule has 220 valence electrons. The molecule has 4 unspecified atom stereocenters. The summed E-state index contributed by atoms with van der Waals surface area (Å²) in [5.74, 6) is 2.69. The Morgan fingerprint density at radius 1 is 1.15 bits per heavy atom. The molecule has 2 saturated heterocycles. The highest BCUT2D eigenvalue weighted by Gasteiger charge is 2.43. The van der Waals surface area contributed by atoms with E-state index in [0.29, 0.717) is 23.9 Å². The Labute approximate surface area is 239 Å². The zero-order valence-corrected chi connectivity index (χ0v) is 24.8. The van der Waals surface area contributed by atoms with Gasteiger partial charge in [0.25, 0.3) is 0 Å². The Hall–Kier alpha value is -2.00. The van der Waals surface area contributed by atoms with Crippen molar-refractivity contribution in [2.24, 2.45) is 17.8 Å². The number of aromatic hydroxyl groups is 1. The van der Waals surface area contributed by atoms with Crippen LogP contribution < -0.4 is 10.9 Å². The van der Waals surface area contributed by atoms with E-state index >= 15 is 0 Å². The molecule has 40 heavy (non-hydrogen) atoms. The van der Waals surface area contributed by atoms with Crippen molar-refractivity contribution in [3.63, 3.8) is 0 Å². The van der Waals surface area contributed by atoms with Gasteiger partial charge in [0.15, 0.2) is 11.6 Å². The van der Waals surface area contributed by atoms with Gasteiger partial charge in [-0.15, -0.1) is 0 Å². The SMILES string of the molecule is CCCN1Cc2[nH]c(C3NNC4CC(c5cc(F)c(O)cc5CC)CCC43)nc2C[C@H]1CN1CC[C@H](C(C)C)C1. The molecule has 1 aromatic carbocycles. The van der Waals surface area contributed by atoms with Gasteiger partial charge in [-0.2, -0.15) is 0 Å². The lowest BCUT2D eigenvalue weighted by Crippen LogP contribution is -2.47. The van der Waals surface area contributed by atoms with E-state index < -0.39 is 5.82 Å². The van der Waals surface area contributed by atoms with Gasteiger partial charge in [0.05, 0.1) is 17.4 Å². The van der Waals surface area contributed by atoms with Gasteiger partial charge in [0, 0.05) is 38.1 Å². The molecule has 8 heteroatoms. The van der Waals surface area contributed by atoms with E-state index in [1.165, 1.54) is 37.3 Å². The summed E-state index contributed by atoms with van der Waals surface area (Å²) in [5, 5.41) is 9.89. The summed E-state index contributed by atoms with van der Waals surface area (Å²) in [5.41, 5.74) is 11.9. The summed E-state index contributed by atoms with van der Waals surface area (Å²) in [6, 6.07) is 4.21. The van der Waals surface area contributed by atoms with E-state index in [9.17, 15) is 9.50 Å². The number of nitrogens with one attached hydrogen (secondary N) is 3. The molecule has 0 radical (unpaired) electrons. The Balaban J connectivity index is 1.14. The van der Waals surface area contributed by atoms with Gasteiger partial charge in [-0.05, 0) is 98.5 Å². The monoisotopic (exact) mass is 552 g/mol. The van der Waals surface area contributed by atoms with Crippen LogP contribution in [0.2, 0.25) is 0 Å². The standard InChI is InChI=1S/C32H49FN6O/c1-5-10-39-18-29-28(14-23(39)17-38-11-9-22(16-38)19(3)4)34-32(35-29)31-24-8-7-21(12-27(24)36-37-31)25-15-26(33)30(40)13-20(25)6-2/h13,15,19,21-24,27,31,36-37,40H,5-12,14,16-18H2,1-4H3,(H,34,35)/t21?,22-,23-,24?,27?,31?/m0/s1. The van der Waals surface area contributed by atoms with E-state index in [-0.39, 0.29) is 11.8 Å². The lowest BCUT2D eigenvalue weighted by Gasteiger charge is -2.37. The van der Waals surface area contributed by atoms with Gasteiger partial charge >= 0.3 is 0 Å². The quantitative estimate of drug-likeness (QED) is 0.368. The Bertz CT molecular complexity index is 1180. The van der Waals surface area contributed by atoms with Gasteiger partial charge in [-0.3, -0.25) is 10.3 Å². The van der Waals surface area contributed by atoms with E-state index in [2.05, 4.69) is 53.3 Å². The molecule has 3 aliphatic heterocycles. The van der Waals surface area contributed by atoms with E-state index in [1.54, 1.807) is 12.1 Å². The summed E-state index contributed by atoms with van der Waals surface area (Å²) in [4.78, 5) is 14.4. The number of imidazole rings is 1. The van der Waals surface area contributed by atoms with Crippen molar-refractivity contribution in [1.82, 2.24) is 30.6 Å². The van der Waals surface area contributed by atoms with Gasteiger partial charge in [0.1, 0.15) is 5.82 Å². The molecule has 4 N–H and O–H groups in total. The highest BCUT2D eigenvalue weighted by molar-refractivity contribution is 5.39. The summed E-state index contributed by atoms with van der Waals surface area (Å²) in [6.07, 6.45) is 7.38. The Morgan fingerprint density at radius 2 is 2.00 bits per heavy atom. The number of aromatic amines is 1. The number of benzene rings is 1. The van der Waals surface area contributed by atoms with Crippen LogP contribution in [0.25, 0.3) is 0 Å². The first kappa shape index (κ1) is 28.1. The zero-order valence-electron chi connectivity index (χ0n) is 24.8. The molecule has 7 nitrogen and oxygen atoms in total. The minimum atomic E-state index is -0.509. The van der Waals surface area contributed by atoms with Gasteiger partial charge in [-0.25, -0.2) is 14.8 Å². The molecule has 1 aliphatic carbocycles. The third kappa shape index (κ3) is 5.44. The predicted octanol–water partition coefficient (Wildman–Crippen LogP) is 5.03. The fourth-order valence-electron chi connectivity index (χ4n) is 8.12. The summed E-state index contributed by atoms with van der Waals surface area (Å²) < 4.78 is 14.3. The van der Waals surface area contributed by atoms with Crippen molar-refractivity contribution in [2.75, 3.05) is 26.2 Å². The van der Waals surface area contributed by atoms with E-state index in [4.69, 9.17) is 4.98 Å². The van der Waals surface area contributed by atoms with Crippen molar-refractivity contribution < 1.29 is 9.50 Å². The zero-order chi connectivity index (χ0) is 28.0. The van der Waals surface area contributed by atoms with Crippen LogP contribution in [0.4, 0.5) is 4.39 Å². The first-order valence-corrected chi connectivity index (χ1v) is 15.9. The van der Waals surface area contributed by atoms with Crippen molar-refractivity contribution in [3.05, 3.63) is 46.3 Å². The van der Waals surface area contributed by atoms with Crippen LogP contribution in [0.3, 0.4) is 0 Å². The molecule has 3 fully saturated rings. The minimum absolute atomic E-state index is 0.169. The smallest absolute Gasteiger partial charge is 0.165 e. The fraction of sp³-hybridized carbons (Fsp3) is 0.719. The molecular formula is C32H49FN6O. The Morgan fingerprint density at radius 3 is 2.75 bits per heavy atom. The number of H-pyrrole nitrogens is 1. The second-order valence-corrected chi connectivity index (χ2v) is 13.3. The number of nitrogens with zero attached hydrogens (tertiary/aromatic N) is 3. The normalized spacial score (nSPS) is 31.1. The van der Waals surface area contributed by atoms with Crippen LogP contribution in [-0.4, -0.2) is 63.1 Å². The number of hydrogen-bond acceptors (Lipinski definition) is 6. The van der Waals surface area contributed by atoms with Crippen molar-refractivity contribution in [3.8, 4) is 5.75 Å². The average molecular weight is 553 g/mol. The first-order valence-electron chi connectivity index (χ1n) is 15.9. The highest BCUT2D eigenvalue weighted by Crippen LogP contribution is 2.45. The van der Waals surface area contributed by atoms with E-state index in [0.717, 1.165) is 80.5 Å². The number of fused-ring (bicyclic) bond motifs is 2. The molecule has 2 aromatic rings. The number of rotatable bonds is 8. The number of aryl methyl sites for hydroxylation is 1. The lowest BCUT2D eigenvalue weighted by molar-refractivity contribution is 0.126. The highest BCUT2D eigenvalue weighted by atomic mass is 19.1. The number of phenols is 1. The maximum absolute atomic E-state index is 14.3. The molecule has 4 heterocycles. The maximum atomic E-state index is 14.3. The van der Waals surface area contributed by atoms with E-state index in [1.807, 2.05) is 0 Å². The minimum Gasteiger partial charge on any atom is -0.505 e. The number of hydrogen-bond donors (Lipinski definition) is 4. The third-order valence-corrected chi connectivity index (χ3v) is 10.5. The molecule has 6 atom stereocenters. The Kier molecular flexibility index (Phi) is 8.23. The van der Waals surface area contributed by atoms with Crippen LogP contribution >= 0.6 is 0 Å². The molecule has 1 saturated carbocycles. The van der Waals surface area contributed by atoms with Crippen LogP contribution in [0.5, 0.6) is 5.75 Å². The van der Waals surface area contributed by atoms with Gasteiger partial charge in [-0.1, -0.05) is 27.7 Å². The maximum Gasteiger partial charge on any atom is 0.165 e. The molecule has 0 bridgehead atoms. The topological polar surface area (TPSA) is 79.5 Å². The second kappa shape index (κ2) is 11.7. The van der Waals surface area contributed by atoms with Crippen LogP contribution in [0.15, 0.2) is 12.1 Å². The number of halogens is 1. The number of phenolic OH excluding ortho intramolecular Hbond substituents is 1. The first-order chi connectivity index (χ1) is 19.3. The molecule has 6 rings (SSSR count). The van der Waals surface area contributed by atoms with Crippen molar-refractivity contribution >= 4 is 0 Å². The largest absolute Gasteiger partial charge is 0.505 e. The number of likely N-dealkylation sites (tertiary alicyclic amines) is 1. The molecule has 0 spiro atoms. The average Bonchev–Trinajstić information content (AvgIpc) is 3.68. The van der Waals surface area contributed by atoms with Crippen LogP contribution in [0, 0.1) is 23.6 Å². The van der Waals surface area contributed by atoms with Gasteiger partial charge < -0.3 is 15.0 Å². The van der Waals surface area contributed by atoms with Crippen molar-refractivity contribution in [2.45, 2.75) is 103 Å². The molecule has 1 aromatic heterocycles. The fourth-order valence-corrected chi connectivity index (χ4v) is 8.12. The second-order valence-electron chi connectivity index (χ2n) is 13.3. The van der Waals surface area contributed by atoms with Gasteiger partial charge in [0.2, 0.25) is 0 Å². The molecule has 0 amide bonds.